The Morgan fingerprint density at radius 3 is 1.52 bits per heavy atom. The molecule has 0 saturated heterocycles. The first-order chi connectivity index (χ1) is 28.8. The Bertz CT molecular complexity index is 3420. The number of rotatable bonds is 3. The molecule has 0 radical (unpaired) electrons. The summed E-state index contributed by atoms with van der Waals surface area (Å²) in [5.74, 6) is 0. The standard InChI is InChI=1S/C53H32N4S/c1-5-20-45-37(14-1)38-15-2-6-21-46(38)56(45)35-12-9-13-36(32-35)57-47-22-7-3-16-39(47)40-30-33(24-26-48(40)57)34-25-27-50-44(31-34)53(41-17-4-8-23-49(41)58-50)42-18-10-28-54-51(42)52-43(53)19-11-29-55-52/h1-32H. The summed E-state index contributed by atoms with van der Waals surface area (Å²) in [6.07, 6.45) is 3.78. The van der Waals surface area contributed by atoms with Gasteiger partial charge in [0.15, 0.2) is 0 Å². The van der Waals surface area contributed by atoms with Crippen molar-refractivity contribution in [2.45, 2.75) is 15.2 Å². The van der Waals surface area contributed by atoms with Crippen molar-refractivity contribution < 1.29 is 0 Å². The zero-order valence-electron chi connectivity index (χ0n) is 31.2. The molecular weight excluding hydrogens is 725 g/mol. The molecule has 270 valence electrons. The van der Waals surface area contributed by atoms with Gasteiger partial charge in [-0.2, -0.15) is 0 Å². The normalized spacial score (nSPS) is 13.6. The molecule has 13 rings (SSSR count). The largest absolute Gasteiger partial charge is 0.309 e. The SMILES string of the molecule is c1cc(-n2c3ccccc3c3ccccc32)cc(-n2c3ccccc3c3cc(-c4ccc5c(c4)C4(c6ccccc6S5)c5cccnc5-c5ncccc54)ccc32)c1. The van der Waals surface area contributed by atoms with E-state index in [1.165, 1.54) is 86.8 Å². The predicted octanol–water partition coefficient (Wildman–Crippen LogP) is 13.2. The third-order valence-corrected chi connectivity index (χ3v) is 13.6. The van der Waals surface area contributed by atoms with Crippen LogP contribution >= 0.6 is 11.8 Å². The maximum Gasteiger partial charge on any atom is 0.0937 e. The van der Waals surface area contributed by atoms with Gasteiger partial charge in [-0.1, -0.05) is 115 Å². The highest BCUT2D eigenvalue weighted by Gasteiger charge is 2.51. The average molecular weight is 757 g/mol. The van der Waals surface area contributed by atoms with Gasteiger partial charge in [0.1, 0.15) is 0 Å². The Labute approximate surface area is 338 Å². The highest BCUT2D eigenvalue weighted by Crippen LogP contribution is 2.61. The lowest BCUT2D eigenvalue weighted by molar-refractivity contribution is 0.720. The van der Waals surface area contributed by atoms with E-state index in [-0.39, 0.29) is 0 Å². The van der Waals surface area contributed by atoms with Gasteiger partial charge in [0, 0.05) is 55.1 Å². The van der Waals surface area contributed by atoms with Gasteiger partial charge in [-0.25, -0.2) is 0 Å². The van der Waals surface area contributed by atoms with Crippen LogP contribution in [-0.4, -0.2) is 19.1 Å². The van der Waals surface area contributed by atoms with Gasteiger partial charge in [0.2, 0.25) is 0 Å². The fourth-order valence-electron chi connectivity index (χ4n) is 10.1. The fourth-order valence-corrected chi connectivity index (χ4v) is 11.3. The van der Waals surface area contributed by atoms with Crippen LogP contribution in [0.15, 0.2) is 204 Å². The van der Waals surface area contributed by atoms with Crippen LogP contribution < -0.4 is 0 Å². The molecule has 0 bridgehead atoms. The lowest BCUT2D eigenvalue weighted by atomic mass is 9.67. The number of para-hydroxylation sites is 3. The van der Waals surface area contributed by atoms with Gasteiger partial charge in [0.25, 0.3) is 0 Å². The highest BCUT2D eigenvalue weighted by molar-refractivity contribution is 7.99. The summed E-state index contributed by atoms with van der Waals surface area (Å²) in [4.78, 5) is 12.4. The van der Waals surface area contributed by atoms with Crippen LogP contribution in [0.3, 0.4) is 0 Å². The molecule has 1 aliphatic heterocycles. The number of fused-ring (bicyclic) bond motifs is 15. The number of benzene rings is 7. The third kappa shape index (κ3) is 4.20. The highest BCUT2D eigenvalue weighted by atomic mass is 32.2. The summed E-state index contributed by atoms with van der Waals surface area (Å²) >= 11 is 1.86. The van der Waals surface area contributed by atoms with Crippen LogP contribution in [0.25, 0.3) is 77.5 Å². The van der Waals surface area contributed by atoms with Crippen LogP contribution in [0.2, 0.25) is 0 Å². The van der Waals surface area contributed by atoms with E-state index in [0.29, 0.717) is 0 Å². The molecule has 0 atom stereocenters. The Morgan fingerprint density at radius 1 is 0.362 bits per heavy atom. The molecule has 11 aromatic rings. The van der Waals surface area contributed by atoms with Crippen molar-refractivity contribution in [3.05, 3.63) is 217 Å². The number of hydrogen-bond acceptors (Lipinski definition) is 3. The van der Waals surface area contributed by atoms with Gasteiger partial charge in [-0.05, 0) is 112 Å². The van der Waals surface area contributed by atoms with Gasteiger partial charge < -0.3 is 9.13 Å². The number of hydrogen-bond donors (Lipinski definition) is 0. The van der Waals surface area contributed by atoms with Crippen LogP contribution in [0.5, 0.6) is 0 Å². The maximum atomic E-state index is 4.94. The molecule has 0 amide bonds. The van der Waals surface area contributed by atoms with Gasteiger partial charge in [0.05, 0.1) is 38.9 Å². The average Bonchev–Trinajstić information content (AvgIpc) is 3.91. The first-order valence-corrected chi connectivity index (χ1v) is 20.5. The summed E-state index contributed by atoms with van der Waals surface area (Å²) in [7, 11) is 0. The van der Waals surface area contributed by atoms with Gasteiger partial charge in [-0.15, -0.1) is 0 Å². The molecule has 1 spiro atoms. The number of pyridine rings is 2. The zero-order valence-corrected chi connectivity index (χ0v) is 32.0. The molecule has 5 heteroatoms. The van der Waals surface area contributed by atoms with Crippen LogP contribution in [-0.2, 0) is 5.41 Å². The van der Waals surface area contributed by atoms with E-state index in [9.17, 15) is 0 Å². The Morgan fingerprint density at radius 2 is 0.862 bits per heavy atom. The van der Waals surface area contributed by atoms with Crippen molar-refractivity contribution in [3.63, 3.8) is 0 Å². The molecule has 1 aliphatic carbocycles. The van der Waals surface area contributed by atoms with E-state index in [2.05, 4.69) is 191 Å². The van der Waals surface area contributed by atoms with Crippen LogP contribution in [0, 0.1) is 0 Å². The lowest BCUT2D eigenvalue weighted by Gasteiger charge is -2.39. The van der Waals surface area contributed by atoms with Gasteiger partial charge in [-0.3, -0.25) is 9.97 Å². The van der Waals surface area contributed by atoms with Crippen molar-refractivity contribution in [1.82, 2.24) is 19.1 Å². The monoisotopic (exact) mass is 756 g/mol. The predicted molar refractivity (Wildman–Crippen MR) is 238 cm³/mol. The Balaban J connectivity index is 1.00. The van der Waals surface area contributed by atoms with E-state index in [1.807, 2.05) is 24.2 Å². The first-order valence-electron chi connectivity index (χ1n) is 19.7. The maximum absolute atomic E-state index is 4.94. The van der Waals surface area contributed by atoms with Crippen LogP contribution in [0.4, 0.5) is 0 Å². The molecular formula is C53H32N4S. The first kappa shape index (κ1) is 31.9. The quantitative estimate of drug-likeness (QED) is 0.180. The van der Waals surface area contributed by atoms with Crippen LogP contribution in [0.1, 0.15) is 22.3 Å². The summed E-state index contributed by atoms with van der Waals surface area (Å²) < 4.78 is 4.82. The minimum absolute atomic E-state index is 0.526. The minimum Gasteiger partial charge on any atom is -0.309 e. The second-order valence-corrected chi connectivity index (χ2v) is 16.4. The molecule has 4 nitrogen and oxygen atoms in total. The van der Waals surface area contributed by atoms with Crippen molar-refractivity contribution in [3.8, 4) is 33.9 Å². The molecule has 4 aromatic heterocycles. The Hall–Kier alpha value is -7.21. The smallest absolute Gasteiger partial charge is 0.0937 e. The molecule has 5 heterocycles. The molecule has 0 saturated carbocycles. The van der Waals surface area contributed by atoms with Crippen molar-refractivity contribution in [2.24, 2.45) is 0 Å². The minimum atomic E-state index is -0.526. The van der Waals surface area contributed by atoms with Gasteiger partial charge >= 0.3 is 0 Å². The van der Waals surface area contributed by atoms with Crippen molar-refractivity contribution >= 4 is 55.4 Å². The van der Waals surface area contributed by atoms with E-state index < -0.39 is 5.41 Å². The van der Waals surface area contributed by atoms with Crippen molar-refractivity contribution in [1.29, 1.82) is 0 Å². The fraction of sp³-hybridized carbons (Fsp3) is 0.0189. The molecule has 0 fully saturated rings. The van der Waals surface area contributed by atoms with E-state index in [0.717, 1.165) is 22.8 Å². The molecule has 0 unspecified atom stereocenters. The Kier molecular flexibility index (Phi) is 6.55. The summed E-state index contributed by atoms with van der Waals surface area (Å²) in [5, 5.41) is 4.99. The summed E-state index contributed by atoms with van der Waals surface area (Å²) in [5.41, 5.74) is 15.8. The molecule has 2 aliphatic rings. The third-order valence-electron chi connectivity index (χ3n) is 12.5. The summed E-state index contributed by atoms with van der Waals surface area (Å²) in [6, 6.07) is 66.8. The second kappa shape index (κ2) is 11.9. The molecule has 7 aromatic carbocycles. The topological polar surface area (TPSA) is 35.6 Å². The van der Waals surface area contributed by atoms with Crippen molar-refractivity contribution in [2.75, 3.05) is 0 Å². The van der Waals surface area contributed by atoms with E-state index in [1.54, 1.807) is 0 Å². The molecule has 0 N–H and O–H groups in total. The lowest BCUT2D eigenvalue weighted by Crippen LogP contribution is -2.32. The van der Waals surface area contributed by atoms with E-state index in [4.69, 9.17) is 9.97 Å². The number of aromatic nitrogens is 4. The molecule has 58 heavy (non-hydrogen) atoms. The zero-order chi connectivity index (χ0) is 38.0. The second-order valence-electron chi connectivity index (χ2n) is 15.3. The van der Waals surface area contributed by atoms with E-state index >= 15 is 0 Å². The summed E-state index contributed by atoms with van der Waals surface area (Å²) in [6.45, 7) is 0. The number of nitrogens with zero attached hydrogens (tertiary/aromatic N) is 4.